The second-order valence-electron chi connectivity index (χ2n) is 4.78. The molecule has 0 amide bonds. The van der Waals surface area contributed by atoms with Crippen LogP contribution in [-0.4, -0.2) is 5.78 Å². The third-order valence-corrected chi connectivity index (χ3v) is 3.77. The molecular weight excluding hydrogens is 350 g/mol. The molecule has 4 heteroatoms. The molecule has 2 nitrogen and oxygen atoms in total. The molecular formula is C17H15BrClNO. The van der Waals surface area contributed by atoms with E-state index in [4.69, 9.17) is 11.6 Å². The first kappa shape index (κ1) is 15.8. The number of rotatable bonds is 4. The van der Waals surface area contributed by atoms with E-state index in [0.29, 0.717) is 10.6 Å². The Morgan fingerprint density at radius 1 is 1.19 bits per heavy atom. The van der Waals surface area contributed by atoms with E-state index in [1.807, 2.05) is 44.2 Å². The van der Waals surface area contributed by atoms with Gasteiger partial charge in [0.25, 0.3) is 0 Å². The van der Waals surface area contributed by atoms with Crippen molar-refractivity contribution in [3.63, 3.8) is 0 Å². The molecule has 0 aliphatic carbocycles. The van der Waals surface area contributed by atoms with Gasteiger partial charge in [0.1, 0.15) is 0 Å². The van der Waals surface area contributed by atoms with Crippen molar-refractivity contribution in [3.05, 3.63) is 74.9 Å². The molecule has 0 aliphatic rings. The van der Waals surface area contributed by atoms with E-state index in [9.17, 15) is 4.79 Å². The summed E-state index contributed by atoms with van der Waals surface area (Å²) >= 11 is 9.34. The van der Waals surface area contributed by atoms with Crippen LogP contribution in [0.1, 0.15) is 22.8 Å². The SMILES string of the molecule is C/C(=C\C(=O)c1ccc(Br)cc1)Nc1cc(Cl)ccc1C. The van der Waals surface area contributed by atoms with Crippen molar-refractivity contribution in [2.75, 3.05) is 5.32 Å². The molecule has 108 valence electrons. The van der Waals surface area contributed by atoms with Gasteiger partial charge in [-0.05, 0) is 55.8 Å². The quantitative estimate of drug-likeness (QED) is 0.564. The maximum atomic E-state index is 12.2. The number of benzene rings is 2. The number of aryl methyl sites for hydroxylation is 1. The van der Waals surface area contributed by atoms with Crippen LogP contribution in [0, 0.1) is 6.92 Å². The van der Waals surface area contributed by atoms with Crippen LogP contribution in [-0.2, 0) is 0 Å². The number of hydrogen-bond acceptors (Lipinski definition) is 2. The standard InChI is InChI=1S/C17H15BrClNO/c1-11-3-8-15(19)10-16(11)20-12(2)9-17(21)13-4-6-14(18)7-5-13/h3-10,20H,1-2H3/b12-9+. The third-order valence-electron chi connectivity index (χ3n) is 3.01. The largest absolute Gasteiger partial charge is 0.359 e. The first-order valence-corrected chi connectivity index (χ1v) is 7.64. The average Bonchev–Trinajstić information content (AvgIpc) is 2.43. The fraction of sp³-hybridized carbons (Fsp3) is 0.118. The molecule has 2 aromatic rings. The van der Waals surface area contributed by atoms with Crippen molar-refractivity contribution in [2.45, 2.75) is 13.8 Å². The lowest BCUT2D eigenvalue weighted by atomic mass is 10.1. The van der Waals surface area contributed by atoms with Gasteiger partial charge in [-0.25, -0.2) is 0 Å². The summed E-state index contributed by atoms with van der Waals surface area (Å²) in [7, 11) is 0. The summed E-state index contributed by atoms with van der Waals surface area (Å²) in [6.45, 7) is 3.85. The normalized spacial score (nSPS) is 11.3. The minimum atomic E-state index is -0.0350. The number of ketones is 1. The fourth-order valence-electron chi connectivity index (χ4n) is 1.87. The number of allylic oxidation sites excluding steroid dienone is 2. The van der Waals surface area contributed by atoms with E-state index in [1.54, 1.807) is 18.2 Å². The summed E-state index contributed by atoms with van der Waals surface area (Å²) in [5.41, 5.74) is 3.40. The van der Waals surface area contributed by atoms with E-state index in [0.717, 1.165) is 21.4 Å². The molecule has 2 aromatic carbocycles. The van der Waals surface area contributed by atoms with Crippen molar-refractivity contribution in [1.29, 1.82) is 0 Å². The van der Waals surface area contributed by atoms with Gasteiger partial charge >= 0.3 is 0 Å². The van der Waals surface area contributed by atoms with Crippen LogP contribution in [0.25, 0.3) is 0 Å². The second kappa shape index (κ2) is 6.92. The highest BCUT2D eigenvalue weighted by molar-refractivity contribution is 9.10. The molecule has 0 bridgehead atoms. The Bertz CT molecular complexity index is 692. The van der Waals surface area contributed by atoms with Gasteiger partial charge in [0.05, 0.1) is 0 Å². The lowest BCUT2D eigenvalue weighted by Crippen LogP contribution is -2.02. The number of hydrogen-bond donors (Lipinski definition) is 1. The Hall–Kier alpha value is -1.58. The molecule has 0 heterocycles. The summed E-state index contributed by atoms with van der Waals surface area (Å²) in [5, 5.41) is 3.87. The molecule has 0 radical (unpaired) electrons. The zero-order valence-electron chi connectivity index (χ0n) is 11.8. The van der Waals surface area contributed by atoms with E-state index in [2.05, 4.69) is 21.2 Å². The number of nitrogens with one attached hydrogen (secondary N) is 1. The molecule has 21 heavy (non-hydrogen) atoms. The molecule has 0 saturated heterocycles. The van der Waals surface area contributed by atoms with Crippen molar-refractivity contribution in [1.82, 2.24) is 0 Å². The van der Waals surface area contributed by atoms with Crippen molar-refractivity contribution < 1.29 is 4.79 Å². The fourth-order valence-corrected chi connectivity index (χ4v) is 2.31. The number of halogens is 2. The van der Waals surface area contributed by atoms with Crippen LogP contribution in [0.3, 0.4) is 0 Å². The number of carbonyl (C=O) groups excluding carboxylic acids is 1. The van der Waals surface area contributed by atoms with Crippen LogP contribution >= 0.6 is 27.5 Å². The molecule has 0 aromatic heterocycles. The van der Waals surface area contributed by atoms with Crippen LogP contribution in [0.15, 0.2) is 58.7 Å². The van der Waals surface area contributed by atoms with E-state index >= 15 is 0 Å². The Morgan fingerprint density at radius 2 is 1.86 bits per heavy atom. The average molecular weight is 365 g/mol. The predicted octanol–water partition coefficient (Wildman–Crippen LogP) is 5.61. The Kier molecular flexibility index (Phi) is 5.21. The minimum absolute atomic E-state index is 0.0350. The van der Waals surface area contributed by atoms with E-state index < -0.39 is 0 Å². The van der Waals surface area contributed by atoms with Crippen LogP contribution < -0.4 is 5.32 Å². The Balaban J connectivity index is 2.15. The molecule has 0 fully saturated rings. The van der Waals surface area contributed by atoms with Gasteiger partial charge in [-0.15, -0.1) is 0 Å². The first-order chi connectivity index (χ1) is 9.95. The monoisotopic (exact) mass is 363 g/mol. The maximum absolute atomic E-state index is 12.2. The summed E-state index contributed by atoms with van der Waals surface area (Å²) in [5.74, 6) is -0.0350. The molecule has 0 atom stereocenters. The number of anilines is 1. The highest BCUT2D eigenvalue weighted by Crippen LogP contribution is 2.21. The maximum Gasteiger partial charge on any atom is 0.187 e. The molecule has 0 spiro atoms. The predicted molar refractivity (Wildman–Crippen MR) is 92.0 cm³/mol. The van der Waals surface area contributed by atoms with E-state index in [-0.39, 0.29) is 5.78 Å². The zero-order valence-corrected chi connectivity index (χ0v) is 14.1. The van der Waals surface area contributed by atoms with Gasteiger partial charge in [-0.1, -0.05) is 33.6 Å². The Labute approximate surface area is 138 Å². The van der Waals surface area contributed by atoms with Crippen LogP contribution in [0.5, 0.6) is 0 Å². The first-order valence-electron chi connectivity index (χ1n) is 6.47. The van der Waals surface area contributed by atoms with Crippen LogP contribution in [0.2, 0.25) is 5.02 Å². The smallest absolute Gasteiger partial charge is 0.187 e. The topological polar surface area (TPSA) is 29.1 Å². The molecule has 0 aliphatic heterocycles. The summed E-state index contributed by atoms with van der Waals surface area (Å²) < 4.78 is 0.951. The summed E-state index contributed by atoms with van der Waals surface area (Å²) in [6, 6.07) is 12.9. The van der Waals surface area contributed by atoms with Crippen LogP contribution in [0.4, 0.5) is 5.69 Å². The van der Waals surface area contributed by atoms with Gasteiger partial charge in [-0.2, -0.15) is 0 Å². The third kappa shape index (κ3) is 4.45. The zero-order chi connectivity index (χ0) is 15.4. The molecule has 0 saturated carbocycles. The van der Waals surface area contributed by atoms with Crippen molar-refractivity contribution in [2.24, 2.45) is 0 Å². The van der Waals surface area contributed by atoms with Crippen molar-refractivity contribution >= 4 is 39.0 Å². The van der Waals surface area contributed by atoms with Gasteiger partial charge < -0.3 is 5.32 Å². The van der Waals surface area contributed by atoms with Gasteiger partial charge in [0.2, 0.25) is 0 Å². The molecule has 1 N–H and O–H groups in total. The van der Waals surface area contributed by atoms with E-state index in [1.165, 1.54) is 0 Å². The summed E-state index contributed by atoms with van der Waals surface area (Å²) in [6.07, 6.45) is 1.59. The lowest BCUT2D eigenvalue weighted by molar-refractivity contribution is 0.104. The summed E-state index contributed by atoms with van der Waals surface area (Å²) in [4.78, 5) is 12.2. The minimum Gasteiger partial charge on any atom is -0.359 e. The highest BCUT2D eigenvalue weighted by atomic mass is 79.9. The van der Waals surface area contributed by atoms with Gasteiger partial charge in [-0.3, -0.25) is 4.79 Å². The number of carbonyl (C=O) groups is 1. The van der Waals surface area contributed by atoms with Gasteiger partial charge in [0.15, 0.2) is 5.78 Å². The molecule has 2 rings (SSSR count). The second-order valence-corrected chi connectivity index (χ2v) is 6.13. The highest BCUT2D eigenvalue weighted by Gasteiger charge is 2.04. The molecule has 0 unspecified atom stereocenters. The lowest BCUT2D eigenvalue weighted by Gasteiger charge is -2.10. The Morgan fingerprint density at radius 3 is 2.52 bits per heavy atom. The van der Waals surface area contributed by atoms with Crippen molar-refractivity contribution in [3.8, 4) is 0 Å². The van der Waals surface area contributed by atoms with Gasteiger partial charge in [0, 0.05) is 32.5 Å².